The fourth-order valence-corrected chi connectivity index (χ4v) is 3.01. The molecule has 19 heavy (non-hydrogen) atoms. The second-order valence-corrected chi connectivity index (χ2v) is 6.02. The maximum atomic E-state index is 5.88. The second kappa shape index (κ2) is 7.81. The maximum Gasteiger partial charge on any atom is 0.111 e. The summed E-state index contributed by atoms with van der Waals surface area (Å²) in [5.41, 5.74) is 2.33. The first-order chi connectivity index (χ1) is 9.36. The van der Waals surface area contributed by atoms with Gasteiger partial charge in [0.1, 0.15) is 5.82 Å². The van der Waals surface area contributed by atoms with E-state index in [0.29, 0.717) is 5.88 Å². The van der Waals surface area contributed by atoms with Crippen LogP contribution in [0.15, 0.2) is 24.3 Å². The van der Waals surface area contributed by atoms with E-state index in [1.54, 1.807) is 0 Å². The molecule has 2 rings (SSSR count). The molecular formula is C15H21ClN2S. The van der Waals surface area contributed by atoms with Crippen LogP contribution in [0.1, 0.15) is 25.1 Å². The molecule has 0 fully saturated rings. The summed E-state index contributed by atoms with van der Waals surface area (Å²) < 4.78 is 2.34. The van der Waals surface area contributed by atoms with Crippen LogP contribution in [0, 0.1) is 0 Å². The first kappa shape index (κ1) is 14.7. The number of imidazole rings is 1. The SMILES string of the molecule is CSCCCCCn1c(CCCl)nc2ccccc21. The summed E-state index contributed by atoms with van der Waals surface area (Å²) >= 11 is 7.81. The van der Waals surface area contributed by atoms with Crippen molar-refractivity contribution >= 4 is 34.4 Å². The van der Waals surface area contributed by atoms with Crippen LogP contribution in [0.25, 0.3) is 11.0 Å². The van der Waals surface area contributed by atoms with Gasteiger partial charge in [-0.05, 0) is 37.0 Å². The summed E-state index contributed by atoms with van der Waals surface area (Å²) in [7, 11) is 0. The molecule has 0 aliphatic rings. The van der Waals surface area contributed by atoms with Gasteiger partial charge in [0.15, 0.2) is 0 Å². The average molecular weight is 297 g/mol. The summed E-state index contributed by atoms with van der Waals surface area (Å²) in [6.45, 7) is 1.06. The molecular weight excluding hydrogens is 276 g/mol. The molecule has 0 N–H and O–H groups in total. The Kier molecular flexibility index (Phi) is 6.05. The predicted octanol–water partition coefficient (Wildman–Crippen LogP) is 4.35. The van der Waals surface area contributed by atoms with E-state index in [1.165, 1.54) is 30.5 Å². The number of benzene rings is 1. The summed E-state index contributed by atoms with van der Waals surface area (Å²) in [5, 5.41) is 0. The van der Waals surface area contributed by atoms with Crippen molar-refractivity contribution in [2.45, 2.75) is 32.2 Å². The first-order valence-corrected chi connectivity index (χ1v) is 8.78. The quantitative estimate of drug-likeness (QED) is 0.532. The number of aryl methyl sites for hydroxylation is 2. The van der Waals surface area contributed by atoms with Crippen molar-refractivity contribution < 1.29 is 0 Å². The van der Waals surface area contributed by atoms with Crippen LogP contribution >= 0.6 is 23.4 Å². The minimum Gasteiger partial charge on any atom is -0.328 e. The molecule has 2 nitrogen and oxygen atoms in total. The van der Waals surface area contributed by atoms with E-state index in [2.05, 4.69) is 29.0 Å². The smallest absolute Gasteiger partial charge is 0.111 e. The van der Waals surface area contributed by atoms with Gasteiger partial charge < -0.3 is 4.57 Å². The highest BCUT2D eigenvalue weighted by atomic mass is 35.5. The fourth-order valence-electron chi connectivity index (χ4n) is 2.34. The molecule has 1 heterocycles. The monoisotopic (exact) mass is 296 g/mol. The molecule has 0 unspecified atom stereocenters. The van der Waals surface area contributed by atoms with Gasteiger partial charge in [-0.15, -0.1) is 11.6 Å². The van der Waals surface area contributed by atoms with E-state index < -0.39 is 0 Å². The lowest BCUT2D eigenvalue weighted by Crippen LogP contribution is -2.05. The van der Waals surface area contributed by atoms with Crippen LogP contribution in [0.4, 0.5) is 0 Å². The molecule has 0 saturated carbocycles. The van der Waals surface area contributed by atoms with Crippen molar-refractivity contribution in [2.24, 2.45) is 0 Å². The first-order valence-electron chi connectivity index (χ1n) is 6.86. The summed E-state index contributed by atoms with van der Waals surface area (Å²) in [4.78, 5) is 4.69. The molecule has 104 valence electrons. The van der Waals surface area contributed by atoms with Gasteiger partial charge in [0.25, 0.3) is 0 Å². The van der Waals surface area contributed by atoms with E-state index >= 15 is 0 Å². The Bertz CT molecular complexity index is 510. The minimum absolute atomic E-state index is 0.635. The Labute approximate surface area is 124 Å². The standard InChI is InChI=1S/C15H21ClN2S/c1-19-12-6-2-5-11-18-14-8-4-3-7-13(14)17-15(18)9-10-16/h3-4,7-8H,2,5-6,9-12H2,1H3. The summed E-state index contributed by atoms with van der Waals surface area (Å²) in [6.07, 6.45) is 6.82. The highest BCUT2D eigenvalue weighted by Crippen LogP contribution is 2.18. The van der Waals surface area contributed by atoms with Gasteiger partial charge in [-0.25, -0.2) is 4.98 Å². The van der Waals surface area contributed by atoms with Gasteiger partial charge in [0.05, 0.1) is 11.0 Å². The fraction of sp³-hybridized carbons (Fsp3) is 0.533. The molecule has 0 saturated heterocycles. The normalized spacial score (nSPS) is 11.3. The van der Waals surface area contributed by atoms with Crippen LogP contribution in [0.5, 0.6) is 0 Å². The molecule has 0 bridgehead atoms. The van der Waals surface area contributed by atoms with Crippen molar-refractivity contribution in [3.63, 3.8) is 0 Å². The highest BCUT2D eigenvalue weighted by molar-refractivity contribution is 7.98. The Balaban J connectivity index is 2.08. The van der Waals surface area contributed by atoms with E-state index in [4.69, 9.17) is 16.6 Å². The number of para-hydroxylation sites is 2. The third-order valence-electron chi connectivity index (χ3n) is 3.28. The van der Waals surface area contributed by atoms with Crippen molar-refractivity contribution in [1.29, 1.82) is 0 Å². The zero-order valence-corrected chi connectivity index (χ0v) is 13.0. The van der Waals surface area contributed by atoms with Crippen LogP contribution in [-0.4, -0.2) is 27.4 Å². The number of nitrogens with zero attached hydrogens (tertiary/aromatic N) is 2. The van der Waals surface area contributed by atoms with E-state index in [9.17, 15) is 0 Å². The number of rotatable bonds is 8. The van der Waals surface area contributed by atoms with Gasteiger partial charge in [-0.2, -0.15) is 11.8 Å². The molecule has 0 aliphatic carbocycles. The molecule has 0 atom stereocenters. The molecule has 1 aromatic carbocycles. The molecule has 1 aromatic heterocycles. The molecule has 0 radical (unpaired) electrons. The lowest BCUT2D eigenvalue weighted by Gasteiger charge is -2.08. The maximum absolute atomic E-state index is 5.88. The van der Waals surface area contributed by atoms with E-state index in [1.807, 2.05) is 17.8 Å². The number of halogens is 1. The molecule has 0 spiro atoms. The lowest BCUT2D eigenvalue weighted by molar-refractivity contribution is 0.596. The number of hydrogen-bond donors (Lipinski definition) is 0. The largest absolute Gasteiger partial charge is 0.328 e. The van der Waals surface area contributed by atoms with Crippen molar-refractivity contribution in [2.75, 3.05) is 17.9 Å². The summed E-state index contributed by atoms with van der Waals surface area (Å²) in [5.74, 6) is 3.02. The van der Waals surface area contributed by atoms with Crippen LogP contribution in [0.3, 0.4) is 0 Å². The number of hydrogen-bond acceptors (Lipinski definition) is 2. The van der Waals surface area contributed by atoms with Gasteiger partial charge in [0.2, 0.25) is 0 Å². The third-order valence-corrected chi connectivity index (χ3v) is 4.17. The topological polar surface area (TPSA) is 17.8 Å². The Hall–Kier alpha value is -0.670. The lowest BCUT2D eigenvalue weighted by atomic mass is 10.2. The van der Waals surface area contributed by atoms with Crippen molar-refractivity contribution in [1.82, 2.24) is 9.55 Å². The van der Waals surface area contributed by atoms with E-state index in [-0.39, 0.29) is 0 Å². The van der Waals surface area contributed by atoms with Gasteiger partial charge >= 0.3 is 0 Å². The number of thioether (sulfide) groups is 1. The van der Waals surface area contributed by atoms with Gasteiger partial charge in [0, 0.05) is 18.8 Å². The summed E-state index contributed by atoms with van der Waals surface area (Å²) in [6, 6.07) is 8.36. The zero-order chi connectivity index (χ0) is 13.5. The number of aromatic nitrogens is 2. The molecule has 0 aliphatic heterocycles. The van der Waals surface area contributed by atoms with Crippen LogP contribution in [0.2, 0.25) is 0 Å². The average Bonchev–Trinajstić information content (AvgIpc) is 2.77. The molecule has 4 heteroatoms. The minimum atomic E-state index is 0.635. The number of alkyl halides is 1. The molecule has 0 amide bonds. The Morgan fingerprint density at radius 2 is 2.05 bits per heavy atom. The van der Waals surface area contributed by atoms with Crippen molar-refractivity contribution in [3.8, 4) is 0 Å². The highest BCUT2D eigenvalue weighted by Gasteiger charge is 2.09. The van der Waals surface area contributed by atoms with Crippen LogP contribution < -0.4 is 0 Å². The predicted molar refractivity (Wildman–Crippen MR) is 86.4 cm³/mol. The number of unbranched alkanes of at least 4 members (excludes halogenated alkanes) is 2. The molecule has 2 aromatic rings. The Morgan fingerprint density at radius 1 is 1.21 bits per heavy atom. The number of fused-ring (bicyclic) bond motifs is 1. The second-order valence-electron chi connectivity index (χ2n) is 4.66. The zero-order valence-electron chi connectivity index (χ0n) is 11.4. The Morgan fingerprint density at radius 3 is 2.84 bits per heavy atom. The van der Waals surface area contributed by atoms with Gasteiger partial charge in [-0.1, -0.05) is 18.6 Å². The van der Waals surface area contributed by atoms with E-state index in [0.717, 1.165) is 24.3 Å². The van der Waals surface area contributed by atoms with Crippen LogP contribution in [-0.2, 0) is 13.0 Å². The third kappa shape index (κ3) is 3.90. The van der Waals surface area contributed by atoms with Gasteiger partial charge in [-0.3, -0.25) is 0 Å². The van der Waals surface area contributed by atoms with Crippen molar-refractivity contribution in [3.05, 3.63) is 30.1 Å².